The summed E-state index contributed by atoms with van der Waals surface area (Å²) in [6, 6.07) is 4.90. The lowest BCUT2D eigenvalue weighted by molar-refractivity contribution is -0.384. The molecule has 3 N–H and O–H groups in total. The van der Waals surface area contributed by atoms with E-state index in [-0.39, 0.29) is 17.1 Å². The van der Waals surface area contributed by atoms with Crippen molar-refractivity contribution in [2.75, 3.05) is 5.32 Å². The van der Waals surface area contributed by atoms with Gasteiger partial charge in [0.15, 0.2) is 11.6 Å². The Bertz CT molecular complexity index is 870. The number of non-ortho nitro benzene ring substituents is 1. The van der Waals surface area contributed by atoms with E-state index in [0.717, 1.165) is 12.3 Å². The molecule has 1 heterocycles. The van der Waals surface area contributed by atoms with Crippen LogP contribution in [0.5, 0.6) is 5.75 Å². The second-order valence-corrected chi connectivity index (χ2v) is 4.89. The van der Waals surface area contributed by atoms with E-state index in [1.165, 1.54) is 18.2 Å². The predicted octanol–water partition coefficient (Wildman–Crippen LogP) is 1.30. The van der Waals surface area contributed by atoms with Gasteiger partial charge in [0.25, 0.3) is 5.69 Å². The van der Waals surface area contributed by atoms with Gasteiger partial charge in [-0.15, -0.1) is 0 Å². The average molecular weight is 333 g/mol. The van der Waals surface area contributed by atoms with Gasteiger partial charge in [-0.25, -0.2) is 0 Å². The molecule has 0 radical (unpaired) electrons. The van der Waals surface area contributed by atoms with Crippen LogP contribution in [0.1, 0.15) is 11.3 Å². The van der Waals surface area contributed by atoms with Crippen LogP contribution in [-0.2, 0) is 6.42 Å². The SMILES string of the molecule is Cc1ccc([N+](=O)[O-])cc1NC(O)=C([O-])Cc1occc(=O)c1O. The molecule has 0 aliphatic heterocycles. The summed E-state index contributed by atoms with van der Waals surface area (Å²) in [5.41, 5.74) is -0.191. The molecule has 0 aliphatic carbocycles. The molecule has 9 heteroatoms. The first-order valence-electron chi connectivity index (χ1n) is 6.70. The van der Waals surface area contributed by atoms with Gasteiger partial charge in [-0.2, -0.15) is 0 Å². The summed E-state index contributed by atoms with van der Waals surface area (Å²) in [6.45, 7) is 1.63. The maximum atomic E-state index is 12.0. The molecule has 24 heavy (non-hydrogen) atoms. The number of allylic oxidation sites excluding steroid dienone is 1. The van der Waals surface area contributed by atoms with Crippen molar-refractivity contribution in [3.63, 3.8) is 0 Å². The standard InChI is InChI=1S/C15H14N2O7/c1-8-2-3-9(17(22)23)6-10(8)16-15(21)12(19)7-13-14(20)11(18)4-5-24-13/h2-6,16,19-21H,7H2,1H3/p-1. The molecule has 0 fully saturated rings. The van der Waals surface area contributed by atoms with Crippen molar-refractivity contribution in [2.24, 2.45) is 0 Å². The lowest BCUT2D eigenvalue weighted by Gasteiger charge is -2.17. The molecule has 0 unspecified atom stereocenters. The number of rotatable bonds is 5. The molecule has 0 amide bonds. The van der Waals surface area contributed by atoms with Crippen LogP contribution in [0.4, 0.5) is 11.4 Å². The minimum atomic E-state index is -0.870. The number of hydrogen-bond acceptors (Lipinski definition) is 8. The number of aliphatic hydroxyl groups excluding tert-OH is 1. The predicted molar refractivity (Wildman–Crippen MR) is 81.5 cm³/mol. The van der Waals surface area contributed by atoms with Gasteiger partial charge < -0.3 is 25.1 Å². The largest absolute Gasteiger partial charge is 0.872 e. The fourth-order valence-corrected chi connectivity index (χ4v) is 1.86. The van der Waals surface area contributed by atoms with Crippen LogP contribution in [0.25, 0.3) is 0 Å². The van der Waals surface area contributed by atoms with E-state index in [1.54, 1.807) is 6.92 Å². The minimum absolute atomic E-state index is 0.175. The second kappa shape index (κ2) is 6.73. The highest BCUT2D eigenvalue weighted by atomic mass is 16.6. The van der Waals surface area contributed by atoms with Gasteiger partial charge in [-0.3, -0.25) is 14.9 Å². The Morgan fingerprint density at radius 3 is 2.75 bits per heavy atom. The Balaban J connectivity index is 2.27. The Morgan fingerprint density at radius 1 is 1.38 bits per heavy atom. The van der Waals surface area contributed by atoms with Crippen LogP contribution in [0.3, 0.4) is 0 Å². The van der Waals surface area contributed by atoms with Crippen molar-refractivity contribution in [3.05, 3.63) is 73.8 Å². The smallest absolute Gasteiger partial charge is 0.271 e. The Morgan fingerprint density at radius 2 is 2.08 bits per heavy atom. The third-order valence-corrected chi connectivity index (χ3v) is 3.20. The summed E-state index contributed by atoms with van der Waals surface area (Å²) >= 11 is 0. The monoisotopic (exact) mass is 333 g/mol. The van der Waals surface area contributed by atoms with Crippen molar-refractivity contribution < 1.29 is 24.7 Å². The number of nitrogens with zero attached hydrogens (tertiary/aromatic N) is 1. The van der Waals surface area contributed by atoms with Gasteiger partial charge in [-0.05, 0) is 12.5 Å². The summed E-state index contributed by atoms with van der Waals surface area (Å²) < 4.78 is 4.87. The average Bonchev–Trinajstić information content (AvgIpc) is 2.53. The van der Waals surface area contributed by atoms with Crippen LogP contribution >= 0.6 is 0 Å². The molecule has 1 aromatic carbocycles. The number of nitro groups is 1. The Kier molecular flexibility index (Phi) is 4.73. The van der Waals surface area contributed by atoms with E-state index in [2.05, 4.69) is 5.32 Å². The number of nitro benzene ring substituents is 1. The molecular formula is C15H13N2O7-. The molecule has 0 saturated carbocycles. The number of aromatic hydroxyl groups is 1. The van der Waals surface area contributed by atoms with Crippen molar-refractivity contribution >= 4 is 11.4 Å². The van der Waals surface area contributed by atoms with Gasteiger partial charge in [0.1, 0.15) is 0 Å². The normalized spacial score (nSPS) is 11.7. The molecule has 0 atom stereocenters. The van der Waals surface area contributed by atoms with E-state index in [9.17, 15) is 30.2 Å². The highest BCUT2D eigenvalue weighted by Gasteiger charge is 2.11. The van der Waals surface area contributed by atoms with Gasteiger partial charge in [0.2, 0.25) is 11.2 Å². The fourth-order valence-electron chi connectivity index (χ4n) is 1.86. The summed E-state index contributed by atoms with van der Waals surface area (Å²) in [7, 11) is 0. The van der Waals surface area contributed by atoms with Gasteiger partial charge in [0.05, 0.1) is 16.9 Å². The number of nitrogens with one attached hydrogen (secondary N) is 1. The molecule has 0 aliphatic rings. The lowest BCUT2D eigenvalue weighted by Crippen LogP contribution is -2.16. The summed E-state index contributed by atoms with van der Waals surface area (Å²) in [5.74, 6) is -2.68. The minimum Gasteiger partial charge on any atom is -0.872 e. The molecule has 0 bridgehead atoms. The second-order valence-electron chi connectivity index (χ2n) is 4.89. The summed E-state index contributed by atoms with van der Waals surface area (Å²) in [4.78, 5) is 21.4. The number of anilines is 1. The van der Waals surface area contributed by atoms with E-state index in [1.807, 2.05) is 0 Å². The highest BCUT2D eigenvalue weighted by Crippen LogP contribution is 2.23. The quantitative estimate of drug-likeness (QED) is 0.421. The maximum absolute atomic E-state index is 12.0. The van der Waals surface area contributed by atoms with Crippen LogP contribution in [-0.4, -0.2) is 15.1 Å². The zero-order chi connectivity index (χ0) is 17.9. The molecule has 126 valence electrons. The van der Waals surface area contributed by atoms with E-state index >= 15 is 0 Å². The number of aryl methyl sites for hydroxylation is 1. The first-order chi connectivity index (χ1) is 11.3. The Labute approximate surface area is 135 Å². The molecule has 9 nitrogen and oxygen atoms in total. The molecular weight excluding hydrogens is 320 g/mol. The lowest BCUT2D eigenvalue weighted by atomic mass is 10.2. The highest BCUT2D eigenvalue weighted by molar-refractivity contribution is 5.59. The first-order valence-corrected chi connectivity index (χ1v) is 6.70. The van der Waals surface area contributed by atoms with Gasteiger partial charge in [-0.1, -0.05) is 11.8 Å². The summed E-state index contributed by atoms with van der Waals surface area (Å²) in [6.07, 6.45) is 0.453. The van der Waals surface area contributed by atoms with Gasteiger partial charge in [0, 0.05) is 24.6 Å². The molecule has 0 spiro atoms. The summed E-state index contributed by atoms with van der Waals surface area (Å²) in [5, 5.41) is 44.4. The van der Waals surface area contributed by atoms with Crippen molar-refractivity contribution in [1.82, 2.24) is 0 Å². The van der Waals surface area contributed by atoms with Crippen LogP contribution in [0.15, 0.2) is 51.4 Å². The van der Waals surface area contributed by atoms with Crippen molar-refractivity contribution in [3.8, 4) is 5.75 Å². The zero-order valence-corrected chi connectivity index (χ0v) is 12.5. The van der Waals surface area contributed by atoms with Crippen LogP contribution in [0.2, 0.25) is 0 Å². The van der Waals surface area contributed by atoms with E-state index in [0.29, 0.717) is 5.56 Å². The van der Waals surface area contributed by atoms with E-state index < -0.39 is 34.2 Å². The van der Waals surface area contributed by atoms with E-state index in [4.69, 9.17) is 4.42 Å². The maximum Gasteiger partial charge on any atom is 0.271 e. The molecule has 1 aromatic heterocycles. The Hall–Kier alpha value is -3.49. The third kappa shape index (κ3) is 3.64. The fraction of sp³-hybridized carbons (Fsp3) is 0.133. The number of aliphatic hydroxyl groups is 1. The topological polar surface area (TPSA) is 149 Å². The van der Waals surface area contributed by atoms with Crippen LogP contribution in [0, 0.1) is 17.0 Å². The third-order valence-electron chi connectivity index (χ3n) is 3.20. The molecule has 0 saturated heterocycles. The first kappa shape index (κ1) is 16.9. The van der Waals surface area contributed by atoms with Gasteiger partial charge >= 0.3 is 0 Å². The number of hydrogen-bond donors (Lipinski definition) is 3. The van der Waals surface area contributed by atoms with Crippen LogP contribution < -0.4 is 15.9 Å². The van der Waals surface area contributed by atoms with Crippen molar-refractivity contribution in [2.45, 2.75) is 13.3 Å². The zero-order valence-electron chi connectivity index (χ0n) is 12.5. The molecule has 2 rings (SSSR count). The van der Waals surface area contributed by atoms with Crippen molar-refractivity contribution in [1.29, 1.82) is 0 Å². The molecule has 2 aromatic rings. The number of benzene rings is 1.